The van der Waals surface area contributed by atoms with E-state index in [1.807, 2.05) is 18.2 Å². The van der Waals surface area contributed by atoms with Crippen molar-refractivity contribution in [2.75, 3.05) is 18.1 Å². The lowest BCUT2D eigenvalue weighted by atomic mass is 9.99. The molecule has 0 aromatic heterocycles. The van der Waals surface area contributed by atoms with Crippen LogP contribution in [0.1, 0.15) is 88.2 Å². The van der Waals surface area contributed by atoms with E-state index in [4.69, 9.17) is 4.74 Å². The molecule has 4 aromatic rings. The predicted molar refractivity (Wildman–Crippen MR) is 186 cm³/mol. The van der Waals surface area contributed by atoms with Crippen molar-refractivity contribution in [1.29, 1.82) is 5.26 Å². The fraction of sp³-hybridized carbons (Fsp3) is 0.308. The molecule has 0 heterocycles. The zero-order valence-corrected chi connectivity index (χ0v) is 29.7. The number of halogens is 4. The number of nitrogens with zero attached hydrogens (tertiary/aromatic N) is 3. The molecule has 0 unspecified atom stereocenters. The lowest BCUT2D eigenvalue weighted by Crippen LogP contribution is -2.43. The Balaban J connectivity index is 1.50. The molecule has 2 aliphatic rings. The summed E-state index contributed by atoms with van der Waals surface area (Å²) in [5, 5.41) is 19.4. The summed E-state index contributed by atoms with van der Waals surface area (Å²) < 4.78 is 94.9. The molecular formula is C39H35F4N3O6S. The van der Waals surface area contributed by atoms with Gasteiger partial charge in [-0.15, -0.1) is 0 Å². The molecule has 0 aliphatic heterocycles. The first-order valence-corrected chi connectivity index (χ1v) is 18.4. The van der Waals surface area contributed by atoms with Crippen molar-refractivity contribution in [2.45, 2.75) is 69.4 Å². The third kappa shape index (κ3) is 7.91. The number of hydrogen-bond donors (Lipinski definition) is 1. The molecule has 1 amide bonds. The Kier molecular flexibility index (Phi) is 10.6. The molecule has 0 saturated heterocycles. The van der Waals surface area contributed by atoms with Crippen LogP contribution in [-0.2, 0) is 27.9 Å². The van der Waals surface area contributed by atoms with Gasteiger partial charge < -0.3 is 14.7 Å². The van der Waals surface area contributed by atoms with Gasteiger partial charge in [-0.3, -0.25) is 4.79 Å². The van der Waals surface area contributed by atoms with Crippen LogP contribution in [0, 0.1) is 41.5 Å². The predicted octanol–water partition coefficient (Wildman–Crippen LogP) is 7.70. The maximum Gasteiger partial charge on any atom is 0.335 e. The van der Waals surface area contributed by atoms with E-state index >= 15 is 8.78 Å². The van der Waals surface area contributed by atoms with E-state index < -0.39 is 80.0 Å². The topological polar surface area (TPSA) is 128 Å². The Hall–Kier alpha value is -5.26. The second-order valence-electron chi connectivity index (χ2n) is 13.3. The highest BCUT2D eigenvalue weighted by molar-refractivity contribution is 7.89. The monoisotopic (exact) mass is 749 g/mol. The van der Waals surface area contributed by atoms with Crippen LogP contribution in [0.25, 0.3) is 0 Å². The number of carboxylic acid groups (broad SMARTS) is 1. The Morgan fingerprint density at radius 3 is 2.13 bits per heavy atom. The average Bonchev–Trinajstić information content (AvgIpc) is 4.05. The van der Waals surface area contributed by atoms with E-state index in [2.05, 4.69) is 6.07 Å². The molecule has 1 N–H and O–H groups in total. The molecule has 0 radical (unpaired) electrons. The fourth-order valence-electron chi connectivity index (χ4n) is 6.29. The molecule has 0 bridgehead atoms. The van der Waals surface area contributed by atoms with E-state index in [0.717, 1.165) is 54.7 Å². The quantitative estimate of drug-likeness (QED) is 0.103. The molecule has 53 heavy (non-hydrogen) atoms. The van der Waals surface area contributed by atoms with E-state index in [0.29, 0.717) is 33.8 Å². The SMILES string of the molecule is CCOc1cc(C(=O)O)cc(F)c1N(Cc1cc(C2CC2)cc(C2CC2)c1)C(=O)CN(Cc1ccccc1C#N)S(=O)(=O)c1cc(C)c(F)c(F)c1F. The largest absolute Gasteiger partial charge is 0.492 e. The van der Waals surface area contributed by atoms with Crippen molar-refractivity contribution in [3.63, 3.8) is 0 Å². The standard InChI is InChI=1S/C39H35F4N3O6S/c1-3-52-32-17-30(39(48)49)16-31(40)38(32)46(19-23-13-28(24-8-9-24)15-29(14-23)25-10-11-25)34(47)21-45(20-27-7-5-4-6-26(27)18-44)53(50,51)33-12-22(2)35(41)37(43)36(33)42/h4-7,12-17,24-25H,3,8-11,19-21H2,1-2H3,(H,48,49). The Morgan fingerprint density at radius 2 is 1.55 bits per heavy atom. The van der Waals surface area contributed by atoms with Crippen molar-refractivity contribution in [3.8, 4) is 11.8 Å². The van der Waals surface area contributed by atoms with Crippen LogP contribution in [0.15, 0.2) is 65.6 Å². The van der Waals surface area contributed by atoms with Gasteiger partial charge in [0.15, 0.2) is 23.3 Å². The molecule has 2 fully saturated rings. The molecule has 2 aliphatic carbocycles. The van der Waals surface area contributed by atoms with Crippen molar-refractivity contribution in [3.05, 3.63) is 123 Å². The number of carbonyl (C=O) groups is 2. The van der Waals surface area contributed by atoms with Gasteiger partial charge in [-0.05, 0) is 103 Å². The second kappa shape index (κ2) is 15.0. The van der Waals surface area contributed by atoms with Crippen LogP contribution in [0.3, 0.4) is 0 Å². The van der Waals surface area contributed by atoms with E-state index in [9.17, 15) is 37.2 Å². The first kappa shape index (κ1) is 37.5. The maximum atomic E-state index is 16.2. The van der Waals surface area contributed by atoms with Crippen LogP contribution >= 0.6 is 0 Å². The Labute approximate surface area is 304 Å². The first-order valence-electron chi connectivity index (χ1n) is 17.0. The lowest BCUT2D eigenvalue weighted by molar-refractivity contribution is -0.119. The normalized spacial score (nSPS) is 14.2. The molecule has 9 nitrogen and oxygen atoms in total. The minimum absolute atomic E-state index is 0.0253. The van der Waals surface area contributed by atoms with Crippen molar-refractivity contribution in [1.82, 2.24) is 4.31 Å². The van der Waals surface area contributed by atoms with Gasteiger partial charge in [-0.25, -0.2) is 30.8 Å². The zero-order chi connectivity index (χ0) is 38.2. The number of amides is 1. The summed E-state index contributed by atoms with van der Waals surface area (Å²) in [5.74, 6) is -8.94. The number of anilines is 1. The van der Waals surface area contributed by atoms with Gasteiger partial charge in [0, 0.05) is 6.54 Å². The molecule has 0 spiro atoms. The van der Waals surface area contributed by atoms with Crippen LogP contribution in [0.4, 0.5) is 23.2 Å². The minimum atomic E-state index is -5.18. The number of nitriles is 1. The van der Waals surface area contributed by atoms with Crippen molar-refractivity contribution < 1.29 is 45.4 Å². The number of carbonyl (C=O) groups excluding carboxylic acids is 1. The van der Waals surface area contributed by atoms with Crippen molar-refractivity contribution in [2.24, 2.45) is 0 Å². The highest BCUT2D eigenvalue weighted by atomic mass is 32.2. The summed E-state index contributed by atoms with van der Waals surface area (Å²) in [6, 6.07) is 16.1. The molecular weight excluding hydrogens is 715 g/mol. The Morgan fingerprint density at radius 1 is 0.906 bits per heavy atom. The summed E-state index contributed by atoms with van der Waals surface area (Å²) in [6.07, 6.45) is 3.92. The van der Waals surface area contributed by atoms with Crippen LogP contribution in [-0.4, -0.2) is 42.9 Å². The molecule has 0 atom stereocenters. The summed E-state index contributed by atoms with van der Waals surface area (Å²) in [6.45, 7) is 0.476. The molecule has 6 rings (SSSR count). The number of hydrogen-bond acceptors (Lipinski definition) is 6. The van der Waals surface area contributed by atoms with Crippen LogP contribution in [0.2, 0.25) is 0 Å². The second-order valence-corrected chi connectivity index (χ2v) is 15.2. The number of aromatic carboxylic acids is 1. The third-order valence-corrected chi connectivity index (χ3v) is 11.1. The summed E-state index contributed by atoms with van der Waals surface area (Å²) in [5.41, 5.74) is 1.38. The number of benzene rings is 4. The number of rotatable bonds is 14. The van der Waals surface area contributed by atoms with Gasteiger partial charge in [-0.1, -0.05) is 36.4 Å². The number of carboxylic acids is 1. The number of aryl methyl sites for hydroxylation is 1. The summed E-state index contributed by atoms with van der Waals surface area (Å²) in [4.78, 5) is 26.2. The summed E-state index contributed by atoms with van der Waals surface area (Å²) >= 11 is 0. The average molecular weight is 750 g/mol. The van der Waals surface area contributed by atoms with Gasteiger partial charge in [0.2, 0.25) is 15.9 Å². The van der Waals surface area contributed by atoms with Gasteiger partial charge in [0.05, 0.1) is 36.9 Å². The van der Waals surface area contributed by atoms with E-state index in [1.54, 1.807) is 6.92 Å². The van der Waals surface area contributed by atoms with Crippen molar-refractivity contribution >= 4 is 27.6 Å². The minimum Gasteiger partial charge on any atom is -0.492 e. The van der Waals surface area contributed by atoms with Crippen LogP contribution < -0.4 is 9.64 Å². The summed E-state index contributed by atoms with van der Waals surface area (Å²) in [7, 11) is -5.18. The van der Waals surface area contributed by atoms with E-state index in [1.165, 1.54) is 24.3 Å². The molecule has 2 saturated carbocycles. The maximum absolute atomic E-state index is 16.2. The van der Waals surface area contributed by atoms with Gasteiger partial charge in [0.1, 0.15) is 16.3 Å². The smallest absolute Gasteiger partial charge is 0.335 e. The Bertz CT molecular complexity index is 2240. The highest BCUT2D eigenvalue weighted by Gasteiger charge is 2.36. The van der Waals surface area contributed by atoms with Gasteiger partial charge >= 0.3 is 5.97 Å². The molecule has 276 valence electrons. The van der Waals surface area contributed by atoms with Gasteiger partial charge in [0.25, 0.3) is 0 Å². The number of sulfonamides is 1. The third-order valence-electron chi connectivity index (χ3n) is 9.33. The molecule has 14 heteroatoms. The number of ether oxygens (including phenoxy) is 1. The lowest BCUT2D eigenvalue weighted by Gasteiger charge is -2.29. The highest BCUT2D eigenvalue weighted by Crippen LogP contribution is 2.46. The zero-order valence-electron chi connectivity index (χ0n) is 28.8. The van der Waals surface area contributed by atoms with Gasteiger partial charge in [-0.2, -0.15) is 9.57 Å². The van der Waals surface area contributed by atoms with E-state index in [-0.39, 0.29) is 30.0 Å². The van der Waals surface area contributed by atoms with Crippen LogP contribution in [0.5, 0.6) is 5.75 Å². The fourth-order valence-corrected chi connectivity index (χ4v) is 7.80. The molecule has 4 aromatic carbocycles. The first-order chi connectivity index (χ1) is 25.2.